The molecular formula is C39H68N6O7. The number of rotatable bonds is 20. The monoisotopic (exact) mass is 733 g/mol. The van der Waals surface area contributed by atoms with E-state index in [9.17, 15) is 24.3 Å². The predicted molar refractivity (Wildman–Crippen MR) is 204 cm³/mol. The van der Waals surface area contributed by atoms with Crippen molar-refractivity contribution in [1.82, 2.24) is 25.8 Å². The quantitative estimate of drug-likeness (QED) is 0.126. The number of aliphatic hydroxyl groups is 1. The number of nitrogens with zero attached hydrogens (tertiary/aromatic N) is 2. The number of nitrogens with one attached hydrogen (secondary N) is 3. The van der Waals surface area contributed by atoms with Gasteiger partial charge in [-0.2, -0.15) is 0 Å². The largest absolute Gasteiger partial charge is 0.399 e. The summed E-state index contributed by atoms with van der Waals surface area (Å²) in [6.07, 6.45) is 0.0202. The van der Waals surface area contributed by atoms with Crippen LogP contribution in [0.3, 0.4) is 0 Å². The number of carbonyl (C=O) groups excluding carboxylic acids is 4. The van der Waals surface area contributed by atoms with Crippen LogP contribution in [0.4, 0.5) is 5.69 Å². The summed E-state index contributed by atoms with van der Waals surface area (Å²) in [6.45, 7) is 15.8. The Balaban J connectivity index is 2.24. The molecule has 1 unspecified atom stereocenters. The fourth-order valence-electron chi connectivity index (χ4n) is 7.47. The molecule has 2 rings (SSSR count). The third-order valence-corrected chi connectivity index (χ3v) is 10.9. The SMILES string of the molecule is CC[C@H](C)C([C@@H](CC(=O)N1CCC[C@H]1[C@H](OC)[C@@H](C)C(=O)N[C@H](C)[C@@H](O)c1ccc(N)cc1)OC)N(C)C(=O)[C@@H](NC(=O)[C@@H](NC)C(C)C)C(C)C. The Kier molecular flexibility index (Phi) is 18.0. The summed E-state index contributed by atoms with van der Waals surface area (Å²) in [7, 11) is 6.55. The summed E-state index contributed by atoms with van der Waals surface area (Å²) in [4.78, 5) is 58.4. The Bertz CT molecular complexity index is 1290. The van der Waals surface area contributed by atoms with Crippen molar-refractivity contribution in [2.45, 2.75) is 130 Å². The molecule has 1 heterocycles. The first-order chi connectivity index (χ1) is 24.4. The molecule has 0 aliphatic carbocycles. The second-order valence-electron chi connectivity index (χ2n) is 15.2. The highest BCUT2D eigenvalue weighted by molar-refractivity contribution is 5.90. The Labute approximate surface area is 312 Å². The molecule has 0 spiro atoms. The van der Waals surface area contributed by atoms with Crippen LogP contribution in [0.2, 0.25) is 0 Å². The zero-order valence-electron chi connectivity index (χ0n) is 33.6. The summed E-state index contributed by atoms with van der Waals surface area (Å²) >= 11 is 0. The van der Waals surface area contributed by atoms with E-state index in [-0.39, 0.29) is 53.8 Å². The van der Waals surface area contributed by atoms with E-state index >= 15 is 0 Å². The number of benzene rings is 1. The van der Waals surface area contributed by atoms with Crippen molar-refractivity contribution in [1.29, 1.82) is 0 Å². The van der Waals surface area contributed by atoms with Gasteiger partial charge in [-0.25, -0.2) is 0 Å². The van der Waals surface area contributed by atoms with Crippen molar-refractivity contribution in [2.24, 2.45) is 23.7 Å². The molecular weight excluding hydrogens is 664 g/mol. The molecule has 1 saturated heterocycles. The third-order valence-electron chi connectivity index (χ3n) is 10.9. The Hall–Kier alpha value is -3.26. The van der Waals surface area contributed by atoms with Gasteiger partial charge in [-0.15, -0.1) is 0 Å². The highest BCUT2D eigenvalue weighted by Crippen LogP contribution is 2.30. The van der Waals surface area contributed by atoms with Crippen LogP contribution >= 0.6 is 0 Å². The lowest BCUT2D eigenvalue weighted by molar-refractivity contribution is -0.148. The second-order valence-corrected chi connectivity index (χ2v) is 15.2. The minimum Gasteiger partial charge on any atom is -0.399 e. The van der Waals surface area contributed by atoms with Crippen molar-refractivity contribution >= 4 is 29.3 Å². The smallest absolute Gasteiger partial charge is 0.245 e. The van der Waals surface area contributed by atoms with E-state index in [2.05, 4.69) is 16.0 Å². The molecule has 13 heteroatoms. The molecule has 52 heavy (non-hydrogen) atoms. The molecule has 1 fully saturated rings. The maximum absolute atomic E-state index is 14.1. The Morgan fingerprint density at radius 2 is 1.54 bits per heavy atom. The molecule has 6 N–H and O–H groups in total. The van der Waals surface area contributed by atoms with E-state index in [1.165, 1.54) is 0 Å². The van der Waals surface area contributed by atoms with E-state index in [1.807, 2.05) is 41.5 Å². The minimum absolute atomic E-state index is 0.0219. The molecule has 4 amide bonds. The summed E-state index contributed by atoms with van der Waals surface area (Å²) < 4.78 is 11.9. The summed E-state index contributed by atoms with van der Waals surface area (Å²) in [5.74, 6) is -1.71. The molecule has 1 aliphatic rings. The molecule has 0 aromatic heterocycles. The number of methoxy groups -OCH3 is 2. The zero-order valence-corrected chi connectivity index (χ0v) is 33.6. The lowest BCUT2D eigenvalue weighted by Crippen LogP contribution is -2.59. The van der Waals surface area contributed by atoms with Gasteiger partial charge < -0.3 is 46.1 Å². The van der Waals surface area contributed by atoms with Crippen molar-refractivity contribution in [3.8, 4) is 0 Å². The van der Waals surface area contributed by atoms with Crippen LogP contribution in [0.25, 0.3) is 0 Å². The Morgan fingerprint density at radius 3 is 2.04 bits per heavy atom. The maximum atomic E-state index is 14.1. The van der Waals surface area contributed by atoms with Gasteiger partial charge in [0.2, 0.25) is 23.6 Å². The van der Waals surface area contributed by atoms with E-state index in [0.29, 0.717) is 24.2 Å². The fraction of sp³-hybridized carbons (Fsp3) is 0.744. The van der Waals surface area contributed by atoms with Crippen LogP contribution < -0.4 is 21.7 Å². The average Bonchev–Trinajstić information content (AvgIpc) is 3.59. The number of likely N-dealkylation sites (N-methyl/N-ethyl adjacent to an activating group) is 2. The topological polar surface area (TPSA) is 176 Å². The summed E-state index contributed by atoms with van der Waals surface area (Å²) in [5, 5.41) is 19.8. The number of ether oxygens (including phenoxy) is 2. The zero-order chi connectivity index (χ0) is 39.4. The van der Waals surface area contributed by atoms with E-state index in [4.69, 9.17) is 15.2 Å². The van der Waals surface area contributed by atoms with Crippen molar-refractivity contribution in [2.75, 3.05) is 40.6 Å². The number of carbonyl (C=O) groups is 4. The number of hydrogen-bond donors (Lipinski definition) is 5. The molecule has 0 saturated carbocycles. The number of anilines is 1. The van der Waals surface area contributed by atoms with Gasteiger partial charge in [-0.05, 0) is 62.3 Å². The Morgan fingerprint density at radius 1 is 0.942 bits per heavy atom. The van der Waals surface area contributed by atoms with Crippen LogP contribution in [0, 0.1) is 23.7 Å². The highest BCUT2D eigenvalue weighted by Gasteiger charge is 2.43. The molecule has 10 atom stereocenters. The summed E-state index contributed by atoms with van der Waals surface area (Å²) in [6, 6.07) is 4.27. The van der Waals surface area contributed by atoms with E-state index in [1.54, 1.807) is 76.2 Å². The number of nitrogen functional groups attached to an aromatic ring is 1. The third kappa shape index (κ3) is 11.4. The van der Waals surface area contributed by atoms with Crippen molar-refractivity contribution in [3.05, 3.63) is 29.8 Å². The lowest BCUT2D eigenvalue weighted by Gasteiger charge is -2.41. The number of nitrogens with two attached hydrogens (primary N) is 1. The number of likely N-dealkylation sites (tertiary alicyclic amines) is 1. The van der Waals surface area contributed by atoms with Gasteiger partial charge in [0, 0.05) is 33.5 Å². The van der Waals surface area contributed by atoms with Gasteiger partial charge in [0.15, 0.2) is 0 Å². The van der Waals surface area contributed by atoms with Crippen LogP contribution in [-0.2, 0) is 28.7 Å². The number of hydrogen-bond acceptors (Lipinski definition) is 9. The second kappa shape index (κ2) is 20.8. The van der Waals surface area contributed by atoms with Crippen molar-refractivity contribution < 1.29 is 33.8 Å². The highest BCUT2D eigenvalue weighted by atomic mass is 16.5. The van der Waals surface area contributed by atoms with Crippen LogP contribution in [0.5, 0.6) is 0 Å². The van der Waals surface area contributed by atoms with Gasteiger partial charge in [-0.1, -0.05) is 67.0 Å². The molecule has 1 aromatic carbocycles. The molecule has 296 valence electrons. The van der Waals surface area contributed by atoms with Crippen LogP contribution in [0.15, 0.2) is 24.3 Å². The van der Waals surface area contributed by atoms with Crippen LogP contribution in [0.1, 0.15) is 92.7 Å². The predicted octanol–water partition coefficient (Wildman–Crippen LogP) is 3.11. The van der Waals surface area contributed by atoms with Gasteiger partial charge in [-0.3, -0.25) is 19.2 Å². The van der Waals surface area contributed by atoms with Gasteiger partial charge in [0.25, 0.3) is 0 Å². The van der Waals surface area contributed by atoms with E-state index in [0.717, 1.165) is 12.8 Å². The average molecular weight is 733 g/mol. The molecule has 0 radical (unpaired) electrons. The molecule has 13 nitrogen and oxygen atoms in total. The van der Waals surface area contributed by atoms with Crippen LogP contribution in [-0.4, -0.2) is 116 Å². The van der Waals surface area contributed by atoms with Gasteiger partial charge >= 0.3 is 0 Å². The first-order valence-corrected chi connectivity index (χ1v) is 18.9. The van der Waals surface area contributed by atoms with Gasteiger partial charge in [0.05, 0.1) is 54.8 Å². The lowest BCUT2D eigenvalue weighted by atomic mass is 9.89. The summed E-state index contributed by atoms with van der Waals surface area (Å²) in [5.41, 5.74) is 7.00. The fourth-order valence-corrected chi connectivity index (χ4v) is 7.47. The van der Waals surface area contributed by atoms with Gasteiger partial charge in [0.1, 0.15) is 6.04 Å². The van der Waals surface area contributed by atoms with Crippen molar-refractivity contribution in [3.63, 3.8) is 0 Å². The first-order valence-electron chi connectivity index (χ1n) is 18.9. The normalized spacial score (nSPS) is 20.0. The first kappa shape index (κ1) is 44.9. The number of amides is 4. The standard InChI is InChI=1S/C39H68N6O7/c1-13-24(6)34(44(10)39(50)33(23(4)5)43-38(49)32(41-9)22(2)3)30(51-11)21-31(46)45-20-14-15-29(45)36(52-12)25(7)37(48)42-26(8)35(47)27-16-18-28(40)19-17-27/h16-19,22-26,29-30,32-36,41,47H,13-15,20-21,40H2,1-12H3,(H,42,48)(H,43,49)/t24-,25+,26+,29-,30+,32-,33-,34?,35+,36+/m0/s1. The number of aliphatic hydroxyl groups excluding tert-OH is 1. The molecule has 1 aliphatic heterocycles. The van der Waals surface area contributed by atoms with E-state index < -0.39 is 48.4 Å². The maximum Gasteiger partial charge on any atom is 0.245 e. The minimum atomic E-state index is -0.936. The molecule has 0 bridgehead atoms. The molecule has 1 aromatic rings.